The lowest BCUT2D eigenvalue weighted by atomic mass is 10.1. The summed E-state index contributed by atoms with van der Waals surface area (Å²) in [6.45, 7) is 0.0500. The van der Waals surface area contributed by atoms with Crippen LogP contribution in [0.15, 0.2) is 22.7 Å². The van der Waals surface area contributed by atoms with Crippen molar-refractivity contribution in [2.24, 2.45) is 0 Å². The molecule has 0 spiro atoms. The van der Waals surface area contributed by atoms with E-state index >= 15 is 0 Å². The maximum atomic E-state index is 12.7. The van der Waals surface area contributed by atoms with E-state index in [2.05, 4.69) is 21.2 Å². The maximum Gasteiger partial charge on any atom is 0.256 e. The average Bonchev–Trinajstić information content (AvgIpc) is 2.63. The molecular formula is C14H14BrN3O4. The van der Waals surface area contributed by atoms with Gasteiger partial charge in [-0.1, -0.05) is 15.9 Å². The van der Waals surface area contributed by atoms with E-state index in [9.17, 15) is 14.4 Å². The summed E-state index contributed by atoms with van der Waals surface area (Å²) in [7, 11) is 0. The highest BCUT2D eigenvalue weighted by atomic mass is 79.9. The molecule has 8 heteroatoms. The van der Waals surface area contributed by atoms with Gasteiger partial charge in [0.1, 0.15) is 12.6 Å². The molecule has 2 N–H and O–H groups in total. The lowest BCUT2D eigenvalue weighted by molar-refractivity contribution is -0.138. The number of aliphatic hydroxyl groups is 1. The van der Waals surface area contributed by atoms with E-state index < -0.39 is 18.6 Å². The topological polar surface area (TPSA) is 90.0 Å². The highest BCUT2D eigenvalue weighted by Gasteiger charge is 2.40. The van der Waals surface area contributed by atoms with E-state index in [1.54, 1.807) is 18.2 Å². The number of hydrogen-bond donors (Lipinski definition) is 2. The van der Waals surface area contributed by atoms with Crippen LogP contribution in [0, 0.1) is 0 Å². The Kier molecular flexibility index (Phi) is 3.88. The van der Waals surface area contributed by atoms with E-state index in [1.165, 1.54) is 9.80 Å². The van der Waals surface area contributed by atoms with Crippen LogP contribution in [0.2, 0.25) is 0 Å². The number of halogens is 1. The summed E-state index contributed by atoms with van der Waals surface area (Å²) >= 11 is 3.32. The zero-order valence-corrected chi connectivity index (χ0v) is 13.2. The summed E-state index contributed by atoms with van der Waals surface area (Å²) in [4.78, 5) is 39.6. The van der Waals surface area contributed by atoms with Gasteiger partial charge >= 0.3 is 0 Å². The zero-order valence-electron chi connectivity index (χ0n) is 11.6. The number of aliphatic hydroxyl groups excluding tert-OH is 1. The highest BCUT2D eigenvalue weighted by Crippen LogP contribution is 2.27. The molecule has 0 radical (unpaired) electrons. The molecular weight excluding hydrogens is 354 g/mol. The zero-order chi connectivity index (χ0) is 15.9. The van der Waals surface area contributed by atoms with E-state index in [0.717, 1.165) is 4.47 Å². The Morgan fingerprint density at radius 2 is 2.14 bits per heavy atom. The predicted molar refractivity (Wildman–Crippen MR) is 81.3 cm³/mol. The van der Waals surface area contributed by atoms with Crippen molar-refractivity contribution in [2.45, 2.75) is 6.04 Å². The first-order valence-corrected chi connectivity index (χ1v) is 7.60. The van der Waals surface area contributed by atoms with Crippen molar-refractivity contribution in [3.63, 3.8) is 0 Å². The Bertz CT molecular complexity index is 663. The van der Waals surface area contributed by atoms with Crippen molar-refractivity contribution in [1.29, 1.82) is 0 Å². The Morgan fingerprint density at radius 1 is 1.36 bits per heavy atom. The van der Waals surface area contributed by atoms with Crippen molar-refractivity contribution in [3.05, 3.63) is 28.2 Å². The van der Waals surface area contributed by atoms with Crippen LogP contribution in [0.25, 0.3) is 0 Å². The van der Waals surface area contributed by atoms with Crippen LogP contribution in [0.4, 0.5) is 5.69 Å². The first-order valence-electron chi connectivity index (χ1n) is 6.81. The number of piperazine rings is 1. The lowest BCUT2D eigenvalue weighted by Crippen LogP contribution is -2.59. The van der Waals surface area contributed by atoms with Gasteiger partial charge in [0.25, 0.3) is 5.91 Å². The van der Waals surface area contributed by atoms with Crippen LogP contribution in [-0.4, -0.2) is 64.9 Å². The normalized spacial score (nSPS) is 20.9. The molecule has 116 valence electrons. The number of carbonyl (C=O) groups excluding carboxylic acids is 3. The Labute approximate surface area is 135 Å². The molecule has 2 aliphatic rings. The summed E-state index contributed by atoms with van der Waals surface area (Å²) < 4.78 is 0.751. The lowest BCUT2D eigenvalue weighted by Gasteiger charge is -2.39. The fraction of sp³-hybridized carbons (Fsp3) is 0.357. The van der Waals surface area contributed by atoms with Crippen molar-refractivity contribution in [2.75, 3.05) is 31.6 Å². The number of rotatable bonds is 1. The second-order valence-corrected chi connectivity index (χ2v) is 6.11. The maximum absolute atomic E-state index is 12.7. The van der Waals surface area contributed by atoms with Gasteiger partial charge in [0.05, 0.1) is 17.8 Å². The van der Waals surface area contributed by atoms with Crippen molar-refractivity contribution < 1.29 is 19.5 Å². The van der Waals surface area contributed by atoms with Crippen molar-refractivity contribution in [1.82, 2.24) is 9.80 Å². The molecule has 0 bridgehead atoms. The number of nitrogens with one attached hydrogen (secondary N) is 1. The quantitative estimate of drug-likeness (QED) is 0.733. The third kappa shape index (κ3) is 2.48. The highest BCUT2D eigenvalue weighted by molar-refractivity contribution is 9.10. The fourth-order valence-electron chi connectivity index (χ4n) is 2.75. The largest absolute Gasteiger partial charge is 0.387 e. The summed E-state index contributed by atoms with van der Waals surface area (Å²) in [5.41, 5.74) is 0.889. The molecule has 3 amide bonds. The first kappa shape index (κ1) is 15.0. The number of anilines is 1. The molecule has 1 aromatic carbocycles. The molecule has 1 atom stereocenters. The molecule has 1 aromatic rings. The van der Waals surface area contributed by atoms with Gasteiger partial charge in [-0.05, 0) is 18.2 Å². The van der Waals surface area contributed by atoms with Crippen molar-refractivity contribution in [3.8, 4) is 0 Å². The number of fused-ring (bicyclic) bond motifs is 2. The van der Waals surface area contributed by atoms with Gasteiger partial charge in [-0.15, -0.1) is 0 Å². The van der Waals surface area contributed by atoms with Crippen LogP contribution in [0.1, 0.15) is 10.4 Å². The number of amides is 3. The Morgan fingerprint density at radius 3 is 2.86 bits per heavy atom. The van der Waals surface area contributed by atoms with Gasteiger partial charge in [-0.25, -0.2) is 0 Å². The Hall–Kier alpha value is -1.93. The predicted octanol–water partition coefficient (Wildman–Crippen LogP) is 0.0465. The van der Waals surface area contributed by atoms with E-state index in [0.29, 0.717) is 17.8 Å². The first-order chi connectivity index (χ1) is 10.5. The fourth-order valence-corrected chi connectivity index (χ4v) is 3.11. The van der Waals surface area contributed by atoms with Gasteiger partial charge in [-0.3, -0.25) is 14.4 Å². The molecule has 1 saturated heterocycles. The average molecular weight is 368 g/mol. The number of nitrogens with zero attached hydrogens (tertiary/aromatic N) is 2. The van der Waals surface area contributed by atoms with Crippen LogP contribution in [-0.2, 0) is 9.59 Å². The van der Waals surface area contributed by atoms with Crippen LogP contribution in [0.5, 0.6) is 0 Å². The standard InChI is InChI=1S/C14H14BrN3O4/c15-8-1-2-10-9(5-8)14(22)18-4-3-17(12(20)7-19)6-11(18)13(21)16-10/h1-2,5,11,19H,3-4,6-7H2,(H,16,21). The third-order valence-electron chi connectivity index (χ3n) is 3.90. The van der Waals surface area contributed by atoms with E-state index in [4.69, 9.17) is 5.11 Å². The van der Waals surface area contributed by atoms with Crippen molar-refractivity contribution >= 4 is 39.3 Å². The van der Waals surface area contributed by atoms with E-state index in [-0.39, 0.29) is 24.9 Å². The van der Waals surface area contributed by atoms with Crippen LogP contribution in [0.3, 0.4) is 0 Å². The summed E-state index contributed by atoms with van der Waals surface area (Å²) in [6.07, 6.45) is 0. The molecule has 2 heterocycles. The summed E-state index contributed by atoms with van der Waals surface area (Å²) in [6, 6.07) is 4.34. The SMILES string of the molecule is O=C1Nc2ccc(Br)cc2C(=O)N2CCN(C(=O)CO)CC12. The van der Waals surface area contributed by atoms with Crippen LogP contribution >= 0.6 is 15.9 Å². The van der Waals surface area contributed by atoms with Gasteiger partial charge in [0.2, 0.25) is 11.8 Å². The Balaban J connectivity index is 1.94. The van der Waals surface area contributed by atoms with Gasteiger partial charge in [0.15, 0.2) is 0 Å². The molecule has 22 heavy (non-hydrogen) atoms. The van der Waals surface area contributed by atoms with Gasteiger partial charge in [-0.2, -0.15) is 0 Å². The minimum absolute atomic E-state index is 0.0894. The van der Waals surface area contributed by atoms with Crippen LogP contribution < -0.4 is 5.32 Å². The monoisotopic (exact) mass is 367 g/mol. The minimum atomic E-state index is -0.747. The minimum Gasteiger partial charge on any atom is -0.387 e. The molecule has 1 fully saturated rings. The molecule has 1 unspecified atom stereocenters. The van der Waals surface area contributed by atoms with E-state index in [1.807, 2.05) is 0 Å². The molecule has 7 nitrogen and oxygen atoms in total. The molecule has 3 rings (SSSR count). The number of hydrogen-bond acceptors (Lipinski definition) is 4. The molecule has 2 aliphatic heterocycles. The molecule has 0 aliphatic carbocycles. The number of carbonyl (C=O) groups is 3. The summed E-state index contributed by atoms with van der Waals surface area (Å²) in [5, 5.41) is 11.7. The summed E-state index contributed by atoms with van der Waals surface area (Å²) in [5.74, 6) is -1.01. The smallest absolute Gasteiger partial charge is 0.256 e. The molecule has 0 aromatic heterocycles. The van der Waals surface area contributed by atoms with Gasteiger partial charge in [0, 0.05) is 17.6 Å². The second kappa shape index (κ2) is 5.69. The second-order valence-electron chi connectivity index (χ2n) is 5.19. The molecule has 0 saturated carbocycles. The number of benzene rings is 1. The third-order valence-corrected chi connectivity index (χ3v) is 4.39. The van der Waals surface area contributed by atoms with Gasteiger partial charge < -0.3 is 20.2 Å².